The van der Waals surface area contributed by atoms with Gasteiger partial charge in [0.1, 0.15) is 0 Å². The van der Waals surface area contributed by atoms with Gasteiger partial charge in [0, 0.05) is 0 Å². The molecule has 0 radical (unpaired) electrons. The molecule has 2 atom stereocenters. The van der Waals surface area contributed by atoms with E-state index < -0.39 is 12.2 Å². The third-order valence-corrected chi connectivity index (χ3v) is 3.33. The number of aliphatic hydroxyl groups is 2. The molecule has 0 bridgehead atoms. The maximum Gasteiger partial charge on any atom is 0.0808 e. The molecule has 0 aromatic heterocycles. The summed E-state index contributed by atoms with van der Waals surface area (Å²) in [7, 11) is 0. The second kappa shape index (κ2) is 17.2. The average Bonchev–Trinajstić information content (AvgIpc) is 2.54. The Morgan fingerprint density at radius 2 is 1.13 bits per heavy atom. The van der Waals surface area contributed by atoms with Crippen LogP contribution in [0.25, 0.3) is 0 Å². The first kappa shape index (κ1) is 21.8. The first-order chi connectivity index (χ1) is 11.2. The van der Waals surface area contributed by atoms with E-state index in [0.717, 1.165) is 38.5 Å². The standard InChI is InChI=1S/C20H34O3/c1-3-5-7-9-11-13-15-19(21)17-23-18-20(22)16-14-12-10-8-6-4-2/h3-4,11-14,19-22H,1-2,5-10,15-18H2. The number of allylic oxidation sites excluding steroid dienone is 4. The highest BCUT2D eigenvalue weighted by Gasteiger charge is 2.05. The fourth-order valence-electron chi connectivity index (χ4n) is 1.98. The van der Waals surface area contributed by atoms with Crippen molar-refractivity contribution in [2.45, 2.75) is 63.6 Å². The van der Waals surface area contributed by atoms with Crippen LogP contribution in [0, 0.1) is 0 Å². The fourth-order valence-corrected chi connectivity index (χ4v) is 1.98. The SMILES string of the molecule is C=CCCCC=CCC(O)COCC(O)CC=CCCCC=C. The number of aliphatic hydroxyl groups excluding tert-OH is 2. The molecule has 0 rings (SSSR count). The number of hydrogen-bond donors (Lipinski definition) is 2. The maximum atomic E-state index is 9.77. The van der Waals surface area contributed by atoms with Gasteiger partial charge in [-0.3, -0.25) is 0 Å². The van der Waals surface area contributed by atoms with E-state index in [1.165, 1.54) is 0 Å². The molecule has 0 spiro atoms. The van der Waals surface area contributed by atoms with Crippen molar-refractivity contribution < 1.29 is 14.9 Å². The summed E-state index contributed by atoms with van der Waals surface area (Å²) in [5.41, 5.74) is 0. The molecule has 0 fully saturated rings. The molecule has 3 heteroatoms. The number of hydrogen-bond acceptors (Lipinski definition) is 3. The third-order valence-electron chi connectivity index (χ3n) is 3.33. The Morgan fingerprint density at radius 1 is 0.696 bits per heavy atom. The summed E-state index contributed by atoms with van der Waals surface area (Å²) in [6.07, 6.45) is 18.4. The molecule has 132 valence electrons. The Kier molecular flexibility index (Phi) is 16.3. The van der Waals surface area contributed by atoms with Gasteiger partial charge < -0.3 is 14.9 Å². The van der Waals surface area contributed by atoms with Crippen LogP contribution >= 0.6 is 0 Å². The van der Waals surface area contributed by atoms with Crippen molar-refractivity contribution in [2.75, 3.05) is 13.2 Å². The lowest BCUT2D eigenvalue weighted by Gasteiger charge is -2.12. The van der Waals surface area contributed by atoms with E-state index in [2.05, 4.69) is 25.3 Å². The molecule has 0 aliphatic carbocycles. The van der Waals surface area contributed by atoms with Crippen molar-refractivity contribution in [2.24, 2.45) is 0 Å². The summed E-state index contributed by atoms with van der Waals surface area (Å²) < 4.78 is 5.35. The van der Waals surface area contributed by atoms with Crippen LogP contribution in [-0.2, 0) is 4.74 Å². The summed E-state index contributed by atoms with van der Waals surface area (Å²) in [4.78, 5) is 0. The normalized spacial score (nSPS) is 14.3. The monoisotopic (exact) mass is 322 g/mol. The molecule has 3 nitrogen and oxygen atoms in total. The Morgan fingerprint density at radius 3 is 1.52 bits per heavy atom. The van der Waals surface area contributed by atoms with Crippen LogP contribution in [0.15, 0.2) is 49.6 Å². The quantitative estimate of drug-likeness (QED) is 0.328. The maximum absolute atomic E-state index is 9.77. The molecule has 0 aliphatic rings. The summed E-state index contributed by atoms with van der Waals surface area (Å²) >= 11 is 0. The van der Waals surface area contributed by atoms with Crippen molar-refractivity contribution >= 4 is 0 Å². The minimum Gasteiger partial charge on any atom is -0.390 e. The second-order valence-corrected chi connectivity index (χ2v) is 5.70. The highest BCUT2D eigenvalue weighted by Crippen LogP contribution is 2.03. The Labute approximate surface area is 142 Å². The lowest BCUT2D eigenvalue weighted by molar-refractivity contribution is -0.00526. The van der Waals surface area contributed by atoms with Crippen LogP contribution in [0.5, 0.6) is 0 Å². The van der Waals surface area contributed by atoms with Crippen molar-refractivity contribution in [3.8, 4) is 0 Å². The molecule has 0 amide bonds. The zero-order valence-electron chi connectivity index (χ0n) is 14.4. The summed E-state index contributed by atoms with van der Waals surface area (Å²) in [6, 6.07) is 0. The van der Waals surface area contributed by atoms with Gasteiger partial charge in [0.05, 0.1) is 25.4 Å². The number of ether oxygens (including phenoxy) is 1. The van der Waals surface area contributed by atoms with Gasteiger partial charge in [-0.05, 0) is 51.4 Å². The number of rotatable bonds is 16. The Bertz CT molecular complexity index is 302. The van der Waals surface area contributed by atoms with Gasteiger partial charge in [-0.2, -0.15) is 0 Å². The van der Waals surface area contributed by atoms with Gasteiger partial charge in [-0.1, -0.05) is 36.5 Å². The minimum absolute atomic E-state index is 0.261. The van der Waals surface area contributed by atoms with Gasteiger partial charge in [0.15, 0.2) is 0 Å². The van der Waals surface area contributed by atoms with E-state index in [9.17, 15) is 10.2 Å². The van der Waals surface area contributed by atoms with Gasteiger partial charge in [-0.15, -0.1) is 13.2 Å². The molecule has 0 saturated heterocycles. The van der Waals surface area contributed by atoms with Crippen molar-refractivity contribution in [1.82, 2.24) is 0 Å². The van der Waals surface area contributed by atoms with Gasteiger partial charge in [0.25, 0.3) is 0 Å². The topological polar surface area (TPSA) is 49.7 Å². The zero-order chi connectivity index (χ0) is 17.2. The highest BCUT2D eigenvalue weighted by atomic mass is 16.5. The van der Waals surface area contributed by atoms with E-state index in [-0.39, 0.29) is 13.2 Å². The van der Waals surface area contributed by atoms with E-state index in [0.29, 0.717) is 12.8 Å². The van der Waals surface area contributed by atoms with Crippen LogP contribution in [0.1, 0.15) is 51.4 Å². The molecule has 2 unspecified atom stereocenters. The van der Waals surface area contributed by atoms with Crippen molar-refractivity contribution in [3.63, 3.8) is 0 Å². The fraction of sp³-hybridized carbons (Fsp3) is 0.600. The molecular weight excluding hydrogens is 288 g/mol. The molecule has 0 saturated carbocycles. The predicted molar refractivity (Wildman–Crippen MR) is 98.4 cm³/mol. The first-order valence-corrected chi connectivity index (χ1v) is 8.66. The van der Waals surface area contributed by atoms with Crippen LogP contribution in [0.3, 0.4) is 0 Å². The number of unbranched alkanes of at least 4 members (excludes halogenated alkanes) is 4. The molecule has 23 heavy (non-hydrogen) atoms. The highest BCUT2D eigenvalue weighted by molar-refractivity contribution is 4.86. The molecule has 2 N–H and O–H groups in total. The van der Waals surface area contributed by atoms with Crippen LogP contribution in [0.2, 0.25) is 0 Å². The van der Waals surface area contributed by atoms with Crippen LogP contribution in [-0.4, -0.2) is 35.6 Å². The molecule has 0 heterocycles. The molecule has 0 aliphatic heterocycles. The smallest absolute Gasteiger partial charge is 0.0808 e. The van der Waals surface area contributed by atoms with Gasteiger partial charge in [0.2, 0.25) is 0 Å². The lowest BCUT2D eigenvalue weighted by atomic mass is 10.2. The third kappa shape index (κ3) is 17.0. The predicted octanol–water partition coefficient (Wildman–Crippen LogP) is 4.33. The minimum atomic E-state index is -0.507. The second-order valence-electron chi connectivity index (χ2n) is 5.70. The van der Waals surface area contributed by atoms with E-state index in [1.807, 2.05) is 24.3 Å². The van der Waals surface area contributed by atoms with Crippen molar-refractivity contribution in [3.05, 3.63) is 49.6 Å². The molecule has 0 aromatic rings. The Balaban J connectivity index is 3.52. The van der Waals surface area contributed by atoms with Gasteiger partial charge in [-0.25, -0.2) is 0 Å². The largest absolute Gasteiger partial charge is 0.390 e. The summed E-state index contributed by atoms with van der Waals surface area (Å²) in [5, 5.41) is 19.5. The van der Waals surface area contributed by atoms with Crippen LogP contribution < -0.4 is 0 Å². The average molecular weight is 322 g/mol. The van der Waals surface area contributed by atoms with Crippen LogP contribution in [0.4, 0.5) is 0 Å². The van der Waals surface area contributed by atoms with Gasteiger partial charge >= 0.3 is 0 Å². The molecular formula is C20H34O3. The Hall–Kier alpha value is -1.16. The summed E-state index contributed by atoms with van der Waals surface area (Å²) in [5.74, 6) is 0. The van der Waals surface area contributed by atoms with E-state index in [1.54, 1.807) is 0 Å². The zero-order valence-corrected chi connectivity index (χ0v) is 14.4. The lowest BCUT2D eigenvalue weighted by Crippen LogP contribution is -2.20. The van der Waals surface area contributed by atoms with E-state index >= 15 is 0 Å². The van der Waals surface area contributed by atoms with Crippen molar-refractivity contribution in [1.29, 1.82) is 0 Å². The first-order valence-electron chi connectivity index (χ1n) is 8.66. The van der Waals surface area contributed by atoms with E-state index in [4.69, 9.17) is 4.74 Å². The summed E-state index contributed by atoms with van der Waals surface area (Å²) in [6.45, 7) is 7.88. The molecule has 0 aromatic carbocycles.